The van der Waals surface area contributed by atoms with Crippen LogP contribution in [0.5, 0.6) is 0 Å². The summed E-state index contributed by atoms with van der Waals surface area (Å²) in [6.07, 6.45) is 8.03. The van der Waals surface area contributed by atoms with E-state index >= 15 is 0 Å². The van der Waals surface area contributed by atoms with E-state index < -0.39 is 0 Å². The van der Waals surface area contributed by atoms with E-state index in [0.717, 1.165) is 25.6 Å². The van der Waals surface area contributed by atoms with E-state index in [4.69, 9.17) is 4.74 Å². The maximum atomic E-state index is 5.79. The van der Waals surface area contributed by atoms with Crippen LogP contribution in [0, 0.1) is 11.3 Å². The number of nitrogens with one attached hydrogen (secondary N) is 1. The lowest BCUT2D eigenvalue weighted by Gasteiger charge is -2.39. The molecule has 1 atom stereocenters. The molecule has 1 saturated carbocycles. The second-order valence-corrected chi connectivity index (χ2v) is 6.08. The molecule has 0 spiro atoms. The monoisotopic (exact) mass is 241 g/mol. The zero-order valence-electron chi connectivity index (χ0n) is 12.2. The maximum Gasteiger partial charge on any atom is 0.0624 e. The van der Waals surface area contributed by atoms with E-state index in [9.17, 15) is 0 Å². The van der Waals surface area contributed by atoms with E-state index in [1.807, 2.05) is 0 Å². The first-order valence-corrected chi connectivity index (χ1v) is 7.39. The van der Waals surface area contributed by atoms with Gasteiger partial charge < -0.3 is 10.1 Å². The molecular formula is C15H31NO. The highest BCUT2D eigenvalue weighted by Gasteiger charge is 2.40. The Labute approximate surface area is 108 Å². The molecule has 1 aliphatic carbocycles. The Kier molecular flexibility index (Phi) is 6.50. The van der Waals surface area contributed by atoms with Crippen molar-refractivity contribution < 1.29 is 4.74 Å². The Morgan fingerprint density at radius 2 is 1.88 bits per heavy atom. The predicted molar refractivity (Wildman–Crippen MR) is 74.3 cm³/mol. The summed E-state index contributed by atoms with van der Waals surface area (Å²) < 4.78 is 5.79. The lowest BCUT2D eigenvalue weighted by Crippen LogP contribution is -2.46. The van der Waals surface area contributed by atoms with Gasteiger partial charge in [0.15, 0.2) is 0 Å². The van der Waals surface area contributed by atoms with Crippen LogP contribution in [0.2, 0.25) is 0 Å². The average molecular weight is 241 g/mol. The van der Waals surface area contributed by atoms with Gasteiger partial charge in [0.05, 0.1) is 6.61 Å². The van der Waals surface area contributed by atoms with Crippen LogP contribution in [-0.4, -0.2) is 26.3 Å². The molecule has 0 heterocycles. The Morgan fingerprint density at radius 3 is 2.35 bits per heavy atom. The van der Waals surface area contributed by atoms with Crippen LogP contribution in [0.25, 0.3) is 0 Å². The molecule has 1 aliphatic rings. The van der Waals surface area contributed by atoms with Crippen LogP contribution >= 0.6 is 0 Å². The van der Waals surface area contributed by atoms with E-state index in [1.165, 1.54) is 32.1 Å². The van der Waals surface area contributed by atoms with Crippen molar-refractivity contribution in [1.29, 1.82) is 0 Å². The van der Waals surface area contributed by atoms with Gasteiger partial charge in [-0.15, -0.1) is 0 Å². The highest BCUT2D eigenvalue weighted by Crippen LogP contribution is 2.45. The molecule has 0 saturated heterocycles. The smallest absolute Gasteiger partial charge is 0.0624 e. The molecule has 17 heavy (non-hydrogen) atoms. The summed E-state index contributed by atoms with van der Waals surface area (Å²) in [6.45, 7) is 8.65. The van der Waals surface area contributed by atoms with Gasteiger partial charge in [0, 0.05) is 12.6 Å². The molecule has 1 N–H and O–H groups in total. The van der Waals surface area contributed by atoms with Gasteiger partial charge in [0.2, 0.25) is 0 Å². The second kappa shape index (κ2) is 7.38. The highest BCUT2D eigenvalue weighted by molar-refractivity contribution is 4.94. The molecule has 102 valence electrons. The molecule has 2 nitrogen and oxygen atoms in total. The van der Waals surface area contributed by atoms with E-state index in [0.29, 0.717) is 11.5 Å². The zero-order valence-corrected chi connectivity index (χ0v) is 12.2. The number of ether oxygens (including phenoxy) is 1. The molecule has 0 aliphatic heterocycles. The van der Waals surface area contributed by atoms with Gasteiger partial charge in [-0.2, -0.15) is 0 Å². The molecule has 0 aromatic rings. The van der Waals surface area contributed by atoms with Gasteiger partial charge in [0.1, 0.15) is 0 Å². The lowest BCUT2D eigenvalue weighted by molar-refractivity contribution is 0.0508. The molecule has 1 rings (SSSR count). The van der Waals surface area contributed by atoms with Crippen molar-refractivity contribution in [1.82, 2.24) is 5.32 Å². The first-order valence-electron chi connectivity index (χ1n) is 7.39. The average Bonchev–Trinajstić information content (AvgIpc) is 2.73. The van der Waals surface area contributed by atoms with Gasteiger partial charge >= 0.3 is 0 Å². The van der Waals surface area contributed by atoms with Gasteiger partial charge in [-0.3, -0.25) is 0 Å². The Balaban J connectivity index is 2.58. The van der Waals surface area contributed by atoms with Gasteiger partial charge in [0.25, 0.3) is 0 Å². The van der Waals surface area contributed by atoms with Gasteiger partial charge in [-0.1, -0.05) is 33.6 Å². The minimum atomic E-state index is 0.497. The SMILES string of the molecule is CCCOCC(NC)C1(CC(C)C)CCCC1. The summed E-state index contributed by atoms with van der Waals surface area (Å²) in [5.41, 5.74) is 0.497. The van der Waals surface area contributed by atoms with Gasteiger partial charge in [-0.05, 0) is 44.1 Å². The first-order chi connectivity index (χ1) is 8.14. The molecule has 0 aromatic carbocycles. The summed E-state index contributed by atoms with van der Waals surface area (Å²) in [7, 11) is 2.10. The molecule has 0 amide bonds. The minimum absolute atomic E-state index is 0.497. The number of rotatable bonds is 8. The fraction of sp³-hybridized carbons (Fsp3) is 1.00. The Bertz CT molecular complexity index is 197. The van der Waals surface area contributed by atoms with Crippen molar-refractivity contribution in [2.75, 3.05) is 20.3 Å². The quantitative estimate of drug-likeness (QED) is 0.656. The Morgan fingerprint density at radius 1 is 1.24 bits per heavy atom. The minimum Gasteiger partial charge on any atom is -0.380 e. The van der Waals surface area contributed by atoms with Gasteiger partial charge in [-0.25, -0.2) is 0 Å². The molecule has 1 unspecified atom stereocenters. The summed E-state index contributed by atoms with van der Waals surface area (Å²) in [6, 6.07) is 0.541. The topological polar surface area (TPSA) is 21.3 Å². The molecular weight excluding hydrogens is 210 g/mol. The van der Waals surface area contributed by atoms with E-state index in [-0.39, 0.29) is 0 Å². The fourth-order valence-electron chi connectivity index (χ4n) is 3.50. The van der Waals surface area contributed by atoms with Crippen molar-refractivity contribution in [2.24, 2.45) is 11.3 Å². The molecule has 0 bridgehead atoms. The summed E-state index contributed by atoms with van der Waals surface area (Å²) in [4.78, 5) is 0. The predicted octanol–water partition coefficient (Wildman–Crippen LogP) is 3.61. The van der Waals surface area contributed by atoms with E-state index in [1.54, 1.807) is 0 Å². The Hall–Kier alpha value is -0.0800. The second-order valence-electron chi connectivity index (χ2n) is 6.08. The number of likely N-dealkylation sites (N-methyl/N-ethyl adjacent to an activating group) is 1. The number of hydrogen-bond donors (Lipinski definition) is 1. The molecule has 2 heteroatoms. The van der Waals surface area contributed by atoms with Crippen LogP contribution < -0.4 is 5.32 Å². The molecule has 0 aromatic heterocycles. The maximum absolute atomic E-state index is 5.79. The summed E-state index contributed by atoms with van der Waals surface area (Å²) >= 11 is 0. The van der Waals surface area contributed by atoms with Crippen LogP contribution in [-0.2, 0) is 4.74 Å². The zero-order chi connectivity index (χ0) is 12.7. The van der Waals surface area contributed by atoms with Crippen LogP contribution in [0.3, 0.4) is 0 Å². The number of hydrogen-bond acceptors (Lipinski definition) is 2. The fourth-order valence-corrected chi connectivity index (χ4v) is 3.50. The third-order valence-corrected chi connectivity index (χ3v) is 4.13. The lowest BCUT2D eigenvalue weighted by atomic mass is 9.73. The van der Waals surface area contributed by atoms with Crippen LogP contribution in [0.15, 0.2) is 0 Å². The van der Waals surface area contributed by atoms with Crippen molar-refractivity contribution in [3.05, 3.63) is 0 Å². The van der Waals surface area contributed by atoms with Crippen molar-refractivity contribution in [2.45, 2.75) is 65.3 Å². The van der Waals surface area contributed by atoms with Crippen LogP contribution in [0.1, 0.15) is 59.3 Å². The van der Waals surface area contributed by atoms with Crippen molar-refractivity contribution in [3.8, 4) is 0 Å². The first kappa shape index (κ1) is 15.0. The van der Waals surface area contributed by atoms with E-state index in [2.05, 4.69) is 33.1 Å². The molecule has 0 radical (unpaired) electrons. The summed E-state index contributed by atoms with van der Waals surface area (Å²) in [5, 5.41) is 3.52. The molecule has 1 fully saturated rings. The normalized spacial score (nSPS) is 21.0. The largest absolute Gasteiger partial charge is 0.380 e. The summed E-state index contributed by atoms with van der Waals surface area (Å²) in [5.74, 6) is 0.787. The standard InChI is InChI=1S/C15H31NO/c1-5-10-17-12-14(16-4)15(11-13(2)3)8-6-7-9-15/h13-14,16H,5-12H2,1-4H3. The van der Waals surface area contributed by atoms with Crippen LogP contribution in [0.4, 0.5) is 0 Å². The highest BCUT2D eigenvalue weighted by atomic mass is 16.5. The third kappa shape index (κ3) is 4.26. The third-order valence-electron chi connectivity index (χ3n) is 4.13. The van der Waals surface area contributed by atoms with Crippen molar-refractivity contribution >= 4 is 0 Å². The van der Waals surface area contributed by atoms with Crippen molar-refractivity contribution in [3.63, 3.8) is 0 Å².